The van der Waals surface area contributed by atoms with Gasteiger partial charge in [-0.15, -0.1) is 11.3 Å². The average molecular weight is 379 g/mol. The van der Waals surface area contributed by atoms with E-state index in [0.717, 1.165) is 42.6 Å². The van der Waals surface area contributed by atoms with Gasteiger partial charge in [0.25, 0.3) is 5.91 Å². The smallest absolute Gasteiger partial charge is 0.257 e. The van der Waals surface area contributed by atoms with Gasteiger partial charge in [0.1, 0.15) is 0 Å². The van der Waals surface area contributed by atoms with Crippen molar-refractivity contribution in [2.45, 2.75) is 26.7 Å². The van der Waals surface area contributed by atoms with Crippen LogP contribution >= 0.6 is 11.3 Å². The second kappa shape index (κ2) is 8.87. The van der Waals surface area contributed by atoms with E-state index in [2.05, 4.69) is 50.2 Å². The van der Waals surface area contributed by atoms with Crippen LogP contribution in [0.1, 0.15) is 37.0 Å². The lowest BCUT2D eigenvalue weighted by Gasteiger charge is -2.22. The van der Waals surface area contributed by atoms with E-state index in [0.29, 0.717) is 10.6 Å². The largest absolute Gasteiger partial charge is 0.390 e. The van der Waals surface area contributed by atoms with Gasteiger partial charge in [0, 0.05) is 24.0 Å². The predicted molar refractivity (Wildman–Crippen MR) is 116 cm³/mol. The van der Waals surface area contributed by atoms with Crippen LogP contribution in [0.2, 0.25) is 0 Å². The monoisotopic (exact) mass is 378 g/mol. The molecule has 0 spiro atoms. The molecule has 1 aromatic heterocycles. The van der Waals surface area contributed by atoms with E-state index in [1.165, 1.54) is 16.9 Å². The summed E-state index contributed by atoms with van der Waals surface area (Å²) in [5, 5.41) is 2.59. The summed E-state index contributed by atoms with van der Waals surface area (Å²) in [6.45, 7) is 5.70. The minimum Gasteiger partial charge on any atom is -0.390 e. The summed E-state index contributed by atoms with van der Waals surface area (Å²) in [7, 11) is 0. The molecule has 0 saturated carbocycles. The zero-order chi connectivity index (χ0) is 19.2. The van der Waals surface area contributed by atoms with Gasteiger partial charge in [0.15, 0.2) is 0 Å². The minimum atomic E-state index is 0.0413. The molecule has 3 rings (SSSR count). The zero-order valence-electron chi connectivity index (χ0n) is 15.9. The molecule has 0 saturated heterocycles. The van der Waals surface area contributed by atoms with Gasteiger partial charge in [-0.3, -0.25) is 4.79 Å². The number of nitrogens with two attached hydrogens (primary N) is 1. The summed E-state index contributed by atoms with van der Waals surface area (Å²) < 4.78 is 0. The van der Waals surface area contributed by atoms with E-state index in [4.69, 9.17) is 5.73 Å². The first-order chi connectivity index (χ1) is 13.2. The third-order valence-corrected chi connectivity index (χ3v) is 5.42. The molecular weight excluding hydrogens is 352 g/mol. The highest BCUT2D eigenvalue weighted by Crippen LogP contribution is 2.35. The van der Waals surface area contributed by atoms with Crippen molar-refractivity contribution >= 4 is 22.2 Å². The van der Waals surface area contributed by atoms with E-state index in [9.17, 15) is 4.79 Å². The van der Waals surface area contributed by atoms with E-state index in [1.807, 2.05) is 28.5 Å². The topological polar surface area (TPSA) is 46.3 Å². The van der Waals surface area contributed by atoms with Gasteiger partial charge in [-0.2, -0.15) is 0 Å². The number of benzene rings is 2. The van der Waals surface area contributed by atoms with Crippen LogP contribution < -0.4 is 5.73 Å². The van der Waals surface area contributed by atoms with E-state index in [1.54, 1.807) is 0 Å². The second-order valence-corrected chi connectivity index (χ2v) is 7.54. The normalized spacial score (nSPS) is 10.7. The summed E-state index contributed by atoms with van der Waals surface area (Å²) in [6, 6.07) is 18.6. The number of hydrogen-bond acceptors (Lipinski definition) is 3. The van der Waals surface area contributed by atoms with Crippen molar-refractivity contribution in [2.24, 2.45) is 0 Å². The molecule has 0 radical (unpaired) electrons. The molecular formula is C23H26N2OS. The van der Waals surface area contributed by atoms with Gasteiger partial charge in [0.2, 0.25) is 0 Å². The Labute approximate surface area is 165 Å². The number of nitrogen functional groups attached to an aromatic ring is 1. The maximum absolute atomic E-state index is 13.1. The minimum absolute atomic E-state index is 0.0413. The molecule has 1 heterocycles. The Morgan fingerprint density at radius 3 is 2.04 bits per heavy atom. The third kappa shape index (κ3) is 4.22. The third-order valence-electron chi connectivity index (χ3n) is 4.61. The van der Waals surface area contributed by atoms with Crippen molar-refractivity contribution in [2.75, 3.05) is 18.8 Å². The first kappa shape index (κ1) is 19.2. The molecule has 0 aliphatic carbocycles. The van der Waals surface area contributed by atoms with Crippen molar-refractivity contribution in [3.8, 4) is 22.3 Å². The number of thiophene rings is 1. The molecule has 1 amide bonds. The molecule has 140 valence electrons. The van der Waals surface area contributed by atoms with Crippen LogP contribution in [-0.4, -0.2) is 23.9 Å². The lowest BCUT2D eigenvalue weighted by Crippen LogP contribution is -2.33. The highest BCUT2D eigenvalue weighted by molar-refractivity contribution is 7.15. The molecule has 0 fully saturated rings. The quantitative estimate of drug-likeness (QED) is 0.554. The lowest BCUT2D eigenvalue weighted by molar-refractivity contribution is 0.0758. The Morgan fingerprint density at radius 1 is 0.889 bits per heavy atom. The van der Waals surface area contributed by atoms with Crippen molar-refractivity contribution < 1.29 is 4.79 Å². The molecule has 0 aliphatic rings. The predicted octanol–water partition coefficient (Wildman–Crippen LogP) is 5.93. The lowest BCUT2D eigenvalue weighted by atomic mass is 9.99. The maximum Gasteiger partial charge on any atom is 0.257 e. The van der Waals surface area contributed by atoms with Crippen LogP contribution in [0.25, 0.3) is 22.3 Å². The van der Waals surface area contributed by atoms with E-state index < -0.39 is 0 Å². The number of amides is 1. The molecule has 0 atom stereocenters. The van der Waals surface area contributed by atoms with Crippen LogP contribution in [0, 0.1) is 0 Å². The number of anilines is 1. The van der Waals surface area contributed by atoms with Crippen LogP contribution in [0.4, 0.5) is 5.00 Å². The number of rotatable bonds is 7. The molecule has 3 aromatic rings. The number of carbonyl (C=O) groups is 1. The van der Waals surface area contributed by atoms with E-state index in [-0.39, 0.29) is 5.91 Å². The highest BCUT2D eigenvalue weighted by Gasteiger charge is 2.23. The van der Waals surface area contributed by atoms with Gasteiger partial charge >= 0.3 is 0 Å². The van der Waals surface area contributed by atoms with Gasteiger partial charge in [0.05, 0.1) is 10.6 Å². The van der Waals surface area contributed by atoms with Crippen molar-refractivity contribution in [3.63, 3.8) is 0 Å². The van der Waals surface area contributed by atoms with Crippen LogP contribution in [0.3, 0.4) is 0 Å². The standard InChI is InChI=1S/C23H26N2OS/c1-3-14-25(15-4-2)23(26)21-20(16-27-22(21)24)19-12-10-18(11-13-19)17-8-6-5-7-9-17/h5-13,16H,3-4,14-15,24H2,1-2H3. The molecule has 27 heavy (non-hydrogen) atoms. The van der Waals surface area contributed by atoms with Gasteiger partial charge in [-0.25, -0.2) is 0 Å². The fourth-order valence-electron chi connectivity index (χ4n) is 3.29. The molecule has 0 unspecified atom stereocenters. The summed E-state index contributed by atoms with van der Waals surface area (Å²) >= 11 is 1.44. The second-order valence-electron chi connectivity index (χ2n) is 6.62. The van der Waals surface area contributed by atoms with Crippen molar-refractivity contribution in [1.82, 2.24) is 4.90 Å². The number of hydrogen-bond donors (Lipinski definition) is 1. The SMILES string of the molecule is CCCN(CCC)C(=O)c1c(-c2ccc(-c3ccccc3)cc2)csc1N. The first-order valence-electron chi connectivity index (χ1n) is 9.47. The molecule has 4 heteroatoms. The van der Waals surface area contributed by atoms with Crippen LogP contribution in [0.5, 0.6) is 0 Å². The van der Waals surface area contributed by atoms with Gasteiger partial charge in [-0.1, -0.05) is 68.4 Å². The summed E-state index contributed by atoms with van der Waals surface area (Å²) in [6.07, 6.45) is 1.88. The maximum atomic E-state index is 13.1. The van der Waals surface area contributed by atoms with Gasteiger partial charge < -0.3 is 10.6 Å². The Hall–Kier alpha value is -2.59. The number of nitrogens with zero attached hydrogens (tertiary/aromatic N) is 1. The molecule has 2 N–H and O–H groups in total. The van der Waals surface area contributed by atoms with Crippen LogP contribution in [0.15, 0.2) is 60.0 Å². The molecule has 3 nitrogen and oxygen atoms in total. The highest BCUT2D eigenvalue weighted by atomic mass is 32.1. The van der Waals surface area contributed by atoms with E-state index >= 15 is 0 Å². The average Bonchev–Trinajstić information content (AvgIpc) is 3.09. The molecule has 2 aromatic carbocycles. The summed E-state index contributed by atoms with van der Waals surface area (Å²) in [5.74, 6) is 0.0413. The fourth-order valence-corrected chi connectivity index (χ4v) is 4.11. The first-order valence-corrected chi connectivity index (χ1v) is 10.4. The van der Waals surface area contributed by atoms with Gasteiger partial charge in [-0.05, 0) is 29.5 Å². The Kier molecular flexibility index (Phi) is 6.30. The molecule has 0 aliphatic heterocycles. The van der Waals surface area contributed by atoms with Crippen LogP contribution in [-0.2, 0) is 0 Å². The Morgan fingerprint density at radius 2 is 1.44 bits per heavy atom. The zero-order valence-corrected chi connectivity index (χ0v) is 16.8. The molecule has 0 bridgehead atoms. The summed E-state index contributed by atoms with van der Waals surface area (Å²) in [4.78, 5) is 15.1. The Balaban J connectivity index is 1.93. The van der Waals surface area contributed by atoms with Crippen molar-refractivity contribution in [3.05, 3.63) is 65.5 Å². The number of carbonyl (C=O) groups excluding carboxylic acids is 1. The summed E-state index contributed by atoms with van der Waals surface area (Å²) in [5.41, 5.74) is 11.1. The van der Waals surface area contributed by atoms with Crippen molar-refractivity contribution in [1.29, 1.82) is 0 Å². The fraction of sp³-hybridized carbons (Fsp3) is 0.261. The Bertz CT molecular complexity index is 879.